The molecule has 1 aromatic heterocycles. The number of carbonyl (C=O) groups is 4. The Kier molecular flexibility index (Phi) is 7.09. The van der Waals surface area contributed by atoms with Gasteiger partial charge < -0.3 is 20.9 Å². The van der Waals surface area contributed by atoms with Crippen LogP contribution in [-0.2, 0) is 20.9 Å². The van der Waals surface area contributed by atoms with Crippen molar-refractivity contribution in [1.82, 2.24) is 24.9 Å². The molecule has 1 aromatic rings. The van der Waals surface area contributed by atoms with Crippen molar-refractivity contribution in [2.24, 2.45) is 5.73 Å². The van der Waals surface area contributed by atoms with E-state index >= 15 is 0 Å². The molecule has 0 aliphatic rings. The van der Waals surface area contributed by atoms with Gasteiger partial charge in [0.25, 0.3) is 5.91 Å². The molecule has 0 saturated heterocycles. The first-order chi connectivity index (χ1) is 11.7. The highest BCUT2D eigenvalue weighted by molar-refractivity contribution is 5.95. The molecule has 1 rings (SSSR count). The van der Waals surface area contributed by atoms with Crippen molar-refractivity contribution in [1.29, 1.82) is 0 Å². The Labute approximate surface area is 145 Å². The number of aromatic nitrogens is 2. The Morgan fingerprint density at radius 2 is 1.88 bits per heavy atom. The lowest BCUT2D eigenvalue weighted by molar-refractivity contribution is -0.137. The lowest BCUT2D eigenvalue weighted by Gasteiger charge is -2.24. The minimum Gasteiger partial charge on any atom is -0.368 e. The summed E-state index contributed by atoms with van der Waals surface area (Å²) in [5, 5.41) is 6.43. The number of nitrogens with zero attached hydrogens (tertiary/aromatic N) is 4. The van der Waals surface area contributed by atoms with Crippen molar-refractivity contribution in [3.8, 4) is 0 Å². The summed E-state index contributed by atoms with van der Waals surface area (Å²) in [6.45, 7) is 1.46. The summed E-state index contributed by atoms with van der Waals surface area (Å²) in [7, 11) is 4.70. The zero-order valence-electron chi connectivity index (χ0n) is 14.9. The topological polar surface area (TPSA) is 131 Å². The van der Waals surface area contributed by atoms with Gasteiger partial charge in [-0.2, -0.15) is 5.10 Å². The lowest BCUT2D eigenvalue weighted by Crippen LogP contribution is -2.48. The van der Waals surface area contributed by atoms with Gasteiger partial charge in [0.15, 0.2) is 0 Å². The fraction of sp³-hybridized carbons (Fsp3) is 0.533. The monoisotopic (exact) mass is 352 g/mol. The minimum atomic E-state index is -0.722. The van der Waals surface area contributed by atoms with E-state index in [1.165, 1.54) is 33.8 Å². The average molecular weight is 352 g/mol. The molecule has 3 N–H and O–H groups in total. The molecule has 138 valence electrons. The second kappa shape index (κ2) is 8.81. The third-order valence-corrected chi connectivity index (χ3v) is 3.65. The van der Waals surface area contributed by atoms with Gasteiger partial charge >= 0.3 is 0 Å². The molecule has 0 aromatic carbocycles. The molecular formula is C15H24N6O4. The van der Waals surface area contributed by atoms with Gasteiger partial charge in [-0.1, -0.05) is 6.92 Å². The van der Waals surface area contributed by atoms with E-state index in [0.29, 0.717) is 6.42 Å². The molecule has 0 bridgehead atoms. The highest BCUT2D eigenvalue weighted by atomic mass is 16.2. The Morgan fingerprint density at radius 3 is 2.40 bits per heavy atom. The van der Waals surface area contributed by atoms with Gasteiger partial charge in [-0.05, 0) is 12.5 Å². The first kappa shape index (κ1) is 20.1. The van der Waals surface area contributed by atoms with Crippen molar-refractivity contribution in [3.05, 3.63) is 18.0 Å². The number of carbonyl (C=O) groups excluding carboxylic acids is 4. The van der Waals surface area contributed by atoms with Crippen LogP contribution in [0.5, 0.6) is 0 Å². The zero-order chi connectivity index (χ0) is 19.1. The summed E-state index contributed by atoms with van der Waals surface area (Å²) in [5.74, 6) is -1.76. The number of rotatable bonds is 8. The van der Waals surface area contributed by atoms with Gasteiger partial charge in [0, 0.05) is 27.3 Å². The van der Waals surface area contributed by atoms with Crippen LogP contribution in [-0.4, -0.2) is 76.9 Å². The maximum absolute atomic E-state index is 12.0. The van der Waals surface area contributed by atoms with E-state index in [0.717, 1.165) is 0 Å². The van der Waals surface area contributed by atoms with Crippen molar-refractivity contribution in [2.45, 2.75) is 25.9 Å². The van der Waals surface area contributed by atoms with Gasteiger partial charge in [0.2, 0.25) is 17.7 Å². The second-order valence-corrected chi connectivity index (χ2v) is 5.70. The maximum Gasteiger partial charge on any atom is 0.272 e. The number of nitrogens with two attached hydrogens (primary N) is 1. The van der Waals surface area contributed by atoms with Gasteiger partial charge in [0.05, 0.1) is 6.54 Å². The molecule has 0 aliphatic carbocycles. The van der Waals surface area contributed by atoms with Crippen LogP contribution in [0.2, 0.25) is 0 Å². The van der Waals surface area contributed by atoms with Crippen molar-refractivity contribution in [2.75, 3.05) is 27.7 Å². The van der Waals surface area contributed by atoms with Crippen LogP contribution in [0.4, 0.5) is 0 Å². The summed E-state index contributed by atoms with van der Waals surface area (Å²) in [5.41, 5.74) is 5.32. The number of likely N-dealkylation sites (N-methyl/N-ethyl adjacent to an activating group) is 2. The van der Waals surface area contributed by atoms with E-state index in [4.69, 9.17) is 5.73 Å². The van der Waals surface area contributed by atoms with Crippen LogP contribution < -0.4 is 11.1 Å². The van der Waals surface area contributed by atoms with Crippen LogP contribution in [0, 0.1) is 0 Å². The Hall–Kier alpha value is -2.91. The van der Waals surface area contributed by atoms with Crippen LogP contribution in [0.3, 0.4) is 0 Å². The Bertz CT molecular complexity index is 654. The van der Waals surface area contributed by atoms with Crippen LogP contribution >= 0.6 is 0 Å². The number of primary amides is 1. The molecule has 1 unspecified atom stereocenters. The Balaban J connectivity index is 2.59. The fourth-order valence-electron chi connectivity index (χ4n) is 2.06. The standard InChI is InChI=1S/C15H24N6O4/c1-5-11(14(16)24)20(4)12(22)8-17-15(25)10-6-7-21(18-10)9-13(23)19(2)3/h6-7,11H,5,8-9H2,1-4H3,(H2,16,24)(H,17,25). The summed E-state index contributed by atoms with van der Waals surface area (Å²) < 4.78 is 1.34. The Morgan fingerprint density at radius 1 is 1.24 bits per heavy atom. The van der Waals surface area contributed by atoms with Gasteiger partial charge in [-0.25, -0.2) is 0 Å². The predicted octanol–water partition coefficient (Wildman–Crippen LogP) is -1.58. The first-order valence-electron chi connectivity index (χ1n) is 7.74. The highest BCUT2D eigenvalue weighted by Gasteiger charge is 2.23. The number of hydrogen-bond acceptors (Lipinski definition) is 5. The molecule has 10 nitrogen and oxygen atoms in total. The van der Waals surface area contributed by atoms with Crippen molar-refractivity contribution >= 4 is 23.6 Å². The molecular weight excluding hydrogens is 328 g/mol. The average Bonchev–Trinajstić information content (AvgIpc) is 3.00. The maximum atomic E-state index is 12.0. The molecule has 0 radical (unpaired) electrons. The van der Waals surface area contributed by atoms with E-state index in [-0.39, 0.29) is 24.7 Å². The molecule has 0 saturated carbocycles. The minimum absolute atomic E-state index is 0.0126. The molecule has 25 heavy (non-hydrogen) atoms. The molecule has 1 heterocycles. The molecule has 10 heteroatoms. The highest BCUT2D eigenvalue weighted by Crippen LogP contribution is 2.02. The molecule has 0 aliphatic heterocycles. The van der Waals surface area contributed by atoms with E-state index in [1.807, 2.05) is 0 Å². The number of hydrogen-bond donors (Lipinski definition) is 2. The van der Waals surface area contributed by atoms with Crippen LogP contribution in [0.15, 0.2) is 12.3 Å². The predicted molar refractivity (Wildman–Crippen MR) is 89.3 cm³/mol. The zero-order valence-corrected chi connectivity index (χ0v) is 14.9. The van der Waals surface area contributed by atoms with Crippen LogP contribution in [0.25, 0.3) is 0 Å². The third-order valence-electron chi connectivity index (χ3n) is 3.65. The number of amides is 4. The van der Waals surface area contributed by atoms with Gasteiger partial charge in [-0.15, -0.1) is 0 Å². The fourth-order valence-corrected chi connectivity index (χ4v) is 2.06. The van der Waals surface area contributed by atoms with E-state index in [9.17, 15) is 19.2 Å². The van der Waals surface area contributed by atoms with Crippen LogP contribution in [0.1, 0.15) is 23.8 Å². The summed E-state index contributed by atoms with van der Waals surface area (Å²) in [6.07, 6.45) is 1.89. The summed E-state index contributed by atoms with van der Waals surface area (Å²) in [6, 6.07) is 0.728. The van der Waals surface area contributed by atoms with Crippen molar-refractivity contribution in [3.63, 3.8) is 0 Å². The molecule has 4 amide bonds. The van der Waals surface area contributed by atoms with Gasteiger partial charge in [-0.3, -0.25) is 23.9 Å². The second-order valence-electron chi connectivity index (χ2n) is 5.70. The third kappa shape index (κ3) is 5.59. The SMILES string of the molecule is CCC(C(N)=O)N(C)C(=O)CNC(=O)c1ccn(CC(=O)N(C)C)n1. The molecule has 1 atom stereocenters. The first-order valence-corrected chi connectivity index (χ1v) is 7.74. The molecule has 0 spiro atoms. The normalized spacial score (nSPS) is 11.5. The quantitative estimate of drug-likeness (QED) is 0.583. The smallest absolute Gasteiger partial charge is 0.272 e. The molecule has 0 fully saturated rings. The van der Waals surface area contributed by atoms with E-state index in [1.54, 1.807) is 21.0 Å². The largest absolute Gasteiger partial charge is 0.368 e. The van der Waals surface area contributed by atoms with Gasteiger partial charge in [0.1, 0.15) is 18.3 Å². The summed E-state index contributed by atoms with van der Waals surface area (Å²) >= 11 is 0. The van der Waals surface area contributed by atoms with E-state index in [2.05, 4.69) is 10.4 Å². The van der Waals surface area contributed by atoms with Crippen molar-refractivity contribution < 1.29 is 19.2 Å². The summed E-state index contributed by atoms with van der Waals surface area (Å²) in [4.78, 5) is 49.6. The van der Waals surface area contributed by atoms with E-state index < -0.39 is 23.8 Å². The number of nitrogens with one attached hydrogen (secondary N) is 1. The lowest BCUT2D eigenvalue weighted by atomic mass is 10.2.